The average molecular weight is 284 g/mol. The maximum Gasteiger partial charge on any atom is 0.0194 e. The molecule has 13 heavy (non-hydrogen) atoms. The molecule has 2 rings (SSSR count). The quantitative estimate of drug-likeness (QED) is 0.629. The van der Waals surface area contributed by atoms with Gasteiger partial charge in [-0.05, 0) is 60.4 Å². The first-order valence-corrected chi connectivity index (χ1v) is 5.71. The van der Waals surface area contributed by atoms with Crippen molar-refractivity contribution < 1.29 is 0 Å². The molecule has 1 aromatic carbocycles. The summed E-state index contributed by atoms with van der Waals surface area (Å²) in [5.41, 5.74) is 5.89. The summed E-state index contributed by atoms with van der Waals surface area (Å²) in [5.74, 6) is 0. The minimum absolute atomic E-state index is 1.22. The molecule has 1 heteroatoms. The van der Waals surface area contributed by atoms with Gasteiger partial charge < -0.3 is 0 Å². The van der Waals surface area contributed by atoms with Gasteiger partial charge in [0.2, 0.25) is 0 Å². The predicted octanol–water partition coefficient (Wildman–Crippen LogP) is 4.11. The monoisotopic (exact) mass is 284 g/mol. The Balaban J connectivity index is 2.58. The van der Waals surface area contributed by atoms with Crippen molar-refractivity contribution in [3.05, 3.63) is 40.5 Å². The third-order valence-corrected chi connectivity index (χ3v) is 4.14. The van der Waals surface area contributed by atoms with E-state index in [1.807, 2.05) is 0 Å². The molecule has 0 fully saturated rings. The van der Waals surface area contributed by atoms with Crippen molar-refractivity contribution >= 4 is 26.2 Å². The van der Waals surface area contributed by atoms with Gasteiger partial charge in [0, 0.05) is 3.58 Å². The molecule has 0 nitrogen and oxygen atoms in total. The molecule has 0 saturated carbocycles. The van der Waals surface area contributed by atoms with E-state index >= 15 is 0 Å². The van der Waals surface area contributed by atoms with Crippen molar-refractivity contribution in [3.8, 4) is 0 Å². The molecule has 1 aromatic rings. The van der Waals surface area contributed by atoms with Gasteiger partial charge in [0.25, 0.3) is 0 Å². The number of fused-ring (bicyclic) bond motifs is 1. The minimum atomic E-state index is 1.22. The maximum absolute atomic E-state index is 2.47. The van der Waals surface area contributed by atoms with Crippen LogP contribution in [0.25, 0.3) is 3.58 Å². The number of allylic oxidation sites excluding steroid dienone is 1. The molecule has 1 aliphatic rings. The van der Waals surface area contributed by atoms with Gasteiger partial charge in [0.05, 0.1) is 0 Å². The number of rotatable bonds is 0. The molecule has 0 saturated heterocycles. The Morgan fingerprint density at radius 1 is 1.15 bits per heavy atom. The summed E-state index contributed by atoms with van der Waals surface area (Å²) in [6, 6.07) is 6.78. The van der Waals surface area contributed by atoms with Gasteiger partial charge in [0.15, 0.2) is 0 Å². The van der Waals surface area contributed by atoms with E-state index in [1.54, 1.807) is 0 Å². The maximum atomic E-state index is 2.47. The number of hydrogen-bond acceptors (Lipinski definition) is 0. The molecule has 68 valence electrons. The fourth-order valence-electron chi connectivity index (χ4n) is 1.81. The third kappa shape index (κ3) is 1.66. The van der Waals surface area contributed by atoms with Crippen LogP contribution in [0.15, 0.2) is 23.8 Å². The van der Waals surface area contributed by atoms with Crippen LogP contribution in [0.1, 0.15) is 30.0 Å². The topological polar surface area (TPSA) is 0 Å². The van der Waals surface area contributed by atoms with Gasteiger partial charge in [-0.2, -0.15) is 0 Å². The van der Waals surface area contributed by atoms with Gasteiger partial charge >= 0.3 is 0 Å². The van der Waals surface area contributed by atoms with E-state index in [9.17, 15) is 0 Å². The first-order chi connectivity index (χ1) is 6.18. The summed E-state index contributed by atoms with van der Waals surface area (Å²) in [7, 11) is 0. The van der Waals surface area contributed by atoms with Crippen LogP contribution in [0.5, 0.6) is 0 Å². The highest BCUT2D eigenvalue weighted by atomic mass is 127. The molecule has 0 spiro atoms. The second-order valence-electron chi connectivity index (χ2n) is 3.75. The van der Waals surface area contributed by atoms with E-state index < -0.39 is 0 Å². The standard InChI is InChI=1S/C12H13I/c1-8-3-6-11-10(7-8)5-4-9(2)12(11)13/h3,6-7H,4-5H2,1-2H3. The third-order valence-electron chi connectivity index (χ3n) is 2.64. The molecule has 0 heterocycles. The number of hydrogen-bond donors (Lipinski definition) is 0. The van der Waals surface area contributed by atoms with Crippen LogP contribution in [0.4, 0.5) is 0 Å². The van der Waals surface area contributed by atoms with Crippen LogP contribution in [-0.4, -0.2) is 0 Å². The first kappa shape index (κ1) is 9.25. The van der Waals surface area contributed by atoms with Gasteiger partial charge in [0.1, 0.15) is 0 Å². The van der Waals surface area contributed by atoms with Crippen LogP contribution in [0.3, 0.4) is 0 Å². The SMILES string of the molecule is CC1=C(I)c2ccc(C)cc2CC1. The van der Waals surface area contributed by atoms with Crippen molar-refractivity contribution in [1.82, 2.24) is 0 Å². The Morgan fingerprint density at radius 2 is 1.92 bits per heavy atom. The Kier molecular flexibility index (Phi) is 2.45. The van der Waals surface area contributed by atoms with E-state index in [0.29, 0.717) is 0 Å². The molecule has 0 amide bonds. The molecular weight excluding hydrogens is 271 g/mol. The molecular formula is C12H13I. The van der Waals surface area contributed by atoms with Crippen molar-refractivity contribution in [2.24, 2.45) is 0 Å². The van der Waals surface area contributed by atoms with Gasteiger partial charge in [-0.15, -0.1) is 0 Å². The zero-order valence-electron chi connectivity index (χ0n) is 8.02. The van der Waals surface area contributed by atoms with Crippen LogP contribution in [0.2, 0.25) is 0 Å². The lowest BCUT2D eigenvalue weighted by Crippen LogP contribution is -2.00. The highest BCUT2D eigenvalue weighted by molar-refractivity contribution is 14.1. The summed E-state index contributed by atoms with van der Waals surface area (Å²) >= 11 is 2.47. The van der Waals surface area contributed by atoms with Crippen LogP contribution in [0, 0.1) is 6.92 Å². The van der Waals surface area contributed by atoms with Gasteiger partial charge in [-0.3, -0.25) is 0 Å². The van der Waals surface area contributed by atoms with Crippen molar-refractivity contribution in [3.63, 3.8) is 0 Å². The zero-order valence-corrected chi connectivity index (χ0v) is 10.2. The Morgan fingerprint density at radius 3 is 2.69 bits per heavy atom. The Hall–Kier alpha value is -0.310. The highest BCUT2D eigenvalue weighted by Gasteiger charge is 2.13. The largest absolute Gasteiger partial charge is 0.0590 e. The predicted molar refractivity (Wildman–Crippen MR) is 66.1 cm³/mol. The van der Waals surface area contributed by atoms with Crippen molar-refractivity contribution in [2.75, 3.05) is 0 Å². The lowest BCUT2D eigenvalue weighted by Gasteiger charge is -2.18. The zero-order chi connectivity index (χ0) is 9.42. The molecule has 1 aliphatic carbocycles. The van der Waals surface area contributed by atoms with E-state index in [2.05, 4.69) is 54.6 Å². The summed E-state index contributed by atoms with van der Waals surface area (Å²) in [6.07, 6.45) is 2.45. The second kappa shape index (κ2) is 3.45. The number of aryl methyl sites for hydroxylation is 2. The fraction of sp³-hybridized carbons (Fsp3) is 0.333. The van der Waals surface area contributed by atoms with E-state index in [4.69, 9.17) is 0 Å². The van der Waals surface area contributed by atoms with E-state index in [-0.39, 0.29) is 0 Å². The summed E-state index contributed by atoms with van der Waals surface area (Å²) in [4.78, 5) is 0. The summed E-state index contributed by atoms with van der Waals surface area (Å²) in [6.45, 7) is 4.41. The highest BCUT2D eigenvalue weighted by Crippen LogP contribution is 2.35. The van der Waals surface area contributed by atoms with Crippen LogP contribution in [-0.2, 0) is 6.42 Å². The fourth-order valence-corrected chi connectivity index (χ4v) is 2.60. The van der Waals surface area contributed by atoms with Crippen molar-refractivity contribution in [1.29, 1.82) is 0 Å². The van der Waals surface area contributed by atoms with Gasteiger partial charge in [-0.1, -0.05) is 29.3 Å². The van der Waals surface area contributed by atoms with Crippen molar-refractivity contribution in [2.45, 2.75) is 26.7 Å². The molecule has 0 radical (unpaired) electrons. The minimum Gasteiger partial charge on any atom is -0.0590 e. The Labute approximate surface area is 93.2 Å². The molecule has 0 aromatic heterocycles. The molecule has 0 atom stereocenters. The molecule has 0 bridgehead atoms. The smallest absolute Gasteiger partial charge is 0.0194 e. The second-order valence-corrected chi connectivity index (χ2v) is 4.83. The lowest BCUT2D eigenvalue weighted by molar-refractivity contribution is 0.924. The summed E-state index contributed by atoms with van der Waals surface area (Å²) in [5, 5.41) is 0. The van der Waals surface area contributed by atoms with Gasteiger partial charge in [-0.25, -0.2) is 0 Å². The number of benzene rings is 1. The Bertz CT molecular complexity index is 375. The van der Waals surface area contributed by atoms with E-state index in [1.165, 1.54) is 38.7 Å². The normalized spacial score (nSPS) is 15.9. The lowest BCUT2D eigenvalue weighted by atomic mass is 9.92. The summed E-state index contributed by atoms with van der Waals surface area (Å²) < 4.78 is 1.46. The molecule has 0 aliphatic heterocycles. The van der Waals surface area contributed by atoms with Crippen LogP contribution < -0.4 is 0 Å². The molecule has 0 unspecified atom stereocenters. The molecule has 0 N–H and O–H groups in total. The van der Waals surface area contributed by atoms with Crippen LogP contribution >= 0.6 is 22.6 Å². The van der Waals surface area contributed by atoms with E-state index in [0.717, 1.165) is 0 Å². The first-order valence-electron chi connectivity index (χ1n) is 4.63. The number of halogens is 1. The average Bonchev–Trinajstić information content (AvgIpc) is 2.12.